The van der Waals surface area contributed by atoms with Crippen LogP contribution in [0.4, 0.5) is 13.2 Å². The fourth-order valence-corrected chi connectivity index (χ4v) is 4.33. The van der Waals surface area contributed by atoms with Crippen LogP contribution in [-0.4, -0.2) is 22.6 Å². The number of carboxylic acid groups (broad SMARTS) is 1. The number of hydrogen-bond acceptors (Lipinski definition) is 4. The molecule has 3 aromatic rings. The van der Waals surface area contributed by atoms with Crippen LogP contribution in [0.15, 0.2) is 40.8 Å². The van der Waals surface area contributed by atoms with E-state index in [0.29, 0.717) is 35.3 Å². The maximum Gasteiger partial charge on any atom is 0.416 e. The molecule has 0 amide bonds. The number of oxazole rings is 1. The summed E-state index contributed by atoms with van der Waals surface area (Å²) >= 11 is 0. The number of nitrogens with one attached hydrogen (secondary N) is 1. The molecule has 0 bridgehead atoms. The number of benzene rings is 2. The van der Waals surface area contributed by atoms with E-state index in [9.17, 15) is 18.0 Å². The Kier molecular flexibility index (Phi) is 6.50. The number of fused-ring (bicyclic) bond motifs is 1. The number of alkyl halides is 3. The predicted molar refractivity (Wildman–Crippen MR) is 114 cm³/mol. The average Bonchev–Trinajstić information content (AvgIpc) is 3.20. The normalized spacial score (nSPS) is 15.3. The van der Waals surface area contributed by atoms with Gasteiger partial charge in [0.25, 0.3) is 0 Å². The first-order valence-electron chi connectivity index (χ1n) is 10.8. The number of aromatic nitrogens is 1. The van der Waals surface area contributed by atoms with E-state index >= 15 is 0 Å². The van der Waals surface area contributed by atoms with Gasteiger partial charge in [0.2, 0.25) is 5.89 Å². The summed E-state index contributed by atoms with van der Waals surface area (Å²) in [5.41, 5.74) is 1.96. The number of hydrogen-bond donors (Lipinski definition) is 2. The van der Waals surface area contributed by atoms with Crippen LogP contribution in [-0.2, 0) is 17.5 Å². The van der Waals surface area contributed by atoms with E-state index in [0.717, 1.165) is 43.7 Å². The van der Waals surface area contributed by atoms with Crippen LogP contribution in [0.25, 0.3) is 22.6 Å². The molecule has 5 nitrogen and oxygen atoms in total. The summed E-state index contributed by atoms with van der Waals surface area (Å²) in [5.74, 6) is -0.786. The zero-order valence-corrected chi connectivity index (χ0v) is 17.5. The minimum Gasteiger partial charge on any atom is -0.481 e. The van der Waals surface area contributed by atoms with Gasteiger partial charge in [-0.2, -0.15) is 13.2 Å². The quantitative estimate of drug-likeness (QED) is 0.427. The maximum absolute atomic E-state index is 13.9. The van der Waals surface area contributed by atoms with E-state index < -0.39 is 17.7 Å². The summed E-state index contributed by atoms with van der Waals surface area (Å²) in [6, 6.07) is 9.75. The number of rotatable bonds is 7. The molecular formula is C24H25F3N2O3. The number of aliphatic carboxylic acids is 1. The minimum atomic E-state index is -4.44. The molecule has 8 heteroatoms. The Morgan fingerprint density at radius 3 is 2.62 bits per heavy atom. The molecule has 0 unspecified atom stereocenters. The Morgan fingerprint density at radius 1 is 1.12 bits per heavy atom. The molecule has 32 heavy (non-hydrogen) atoms. The zero-order valence-electron chi connectivity index (χ0n) is 17.5. The number of carbonyl (C=O) groups is 1. The number of halogens is 3. The third-order valence-corrected chi connectivity index (χ3v) is 5.95. The van der Waals surface area contributed by atoms with Gasteiger partial charge >= 0.3 is 12.1 Å². The molecule has 0 saturated heterocycles. The first-order chi connectivity index (χ1) is 15.3. The van der Waals surface area contributed by atoms with Crippen LogP contribution in [0.1, 0.15) is 61.1 Å². The summed E-state index contributed by atoms with van der Waals surface area (Å²) in [4.78, 5) is 15.0. The lowest BCUT2D eigenvalue weighted by Crippen LogP contribution is -2.17. The molecule has 0 atom stereocenters. The van der Waals surface area contributed by atoms with Gasteiger partial charge in [-0.05, 0) is 54.2 Å². The van der Waals surface area contributed by atoms with Crippen LogP contribution in [0.3, 0.4) is 0 Å². The molecular weight excluding hydrogens is 421 g/mol. The van der Waals surface area contributed by atoms with E-state index in [1.54, 1.807) is 24.3 Å². The molecule has 1 heterocycles. The Balaban J connectivity index is 1.59. The highest BCUT2D eigenvalue weighted by Crippen LogP contribution is 2.42. The van der Waals surface area contributed by atoms with Gasteiger partial charge in [-0.25, -0.2) is 4.98 Å². The van der Waals surface area contributed by atoms with E-state index in [4.69, 9.17) is 9.52 Å². The van der Waals surface area contributed by atoms with Gasteiger partial charge in [0, 0.05) is 18.7 Å². The largest absolute Gasteiger partial charge is 0.481 e. The predicted octanol–water partition coefficient (Wildman–Crippen LogP) is 6.13. The first-order valence-corrected chi connectivity index (χ1v) is 10.8. The topological polar surface area (TPSA) is 75.4 Å². The SMILES string of the molecule is O=C(O)CCNCc1ccc2nc(-c3ccc(C4CCCCC4)c(C(F)(F)F)c3)oc2c1. The van der Waals surface area contributed by atoms with E-state index in [1.807, 2.05) is 6.07 Å². The summed E-state index contributed by atoms with van der Waals surface area (Å²) in [7, 11) is 0. The van der Waals surface area contributed by atoms with Crippen LogP contribution in [0.2, 0.25) is 0 Å². The van der Waals surface area contributed by atoms with Gasteiger partial charge in [-0.1, -0.05) is 31.4 Å². The van der Waals surface area contributed by atoms with Crippen LogP contribution in [0, 0.1) is 0 Å². The lowest BCUT2D eigenvalue weighted by molar-refractivity contribution is -0.138. The van der Waals surface area contributed by atoms with Crippen molar-refractivity contribution in [2.75, 3.05) is 6.54 Å². The third-order valence-electron chi connectivity index (χ3n) is 5.95. The van der Waals surface area contributed by atoms with Gasteiger partial charge < -0.3 is 14.8 Å². The highest BCUT2D eigenvalue weighted by atomic mass is 19.4. The summed E-state index contributed by atoms with van der Waals surface area (Å²) in [6.45, 7) is 0.788. The van der Waals surface area contributed by atoms with Gasteiger partial charge in [-0.3, -0.25) is 4.79 Å². The van der Waals surface area contributed by atoms with Crippen molar-refractivity contribution in [3.05, 3.63) is 53.1 Å². The molecule has 2 aromatic carbocycles. The molecule has 170 valence electrons. The molecule has 0 spiro atoms. The monoisotopic (exact) mass is 446 g/mol. The minimum absolute atomic E-state index is 0.0209. The van der Waals surface area contributed by atoms with E-state index in [-0.39, 0.29) is 18.2 Å². The first kappa shape index (κ1) is 22.3. The average molecular weight is 446 g/mol. The Labute approximate surface area is 183 Å². The lowest BCUT2D eigenvalue weighted by Gasteiger charge is -2.25. The van der Waals surface area contributed by atoms with Crippen molar-refractivity contribution in [3.63, 3.8) is 0 Å². The second kappa shape index (κ2) is 9.32. The van der Waals surface area contributed by atoms with Crippen molar-refractivity contribution < 1.29 is 27.5 Å². The fourth-order valence-electron chi connectivity index (χ4n) is 4.33. The fraction of sp³-hybridized carbons (Fsp3) is 0.417. The van der Waals surface area contributed by atoms with Crippen molar-refractivity contribution in [1.82, 2.24) is 10.3 Å². The van der Waals surface area contributed by atoms with Crippen LogP contribution in [0.5, 0.6) is 0 Å². The van der Waals surface area contributed by atoms with Gasteiger partial charge in [0.1, 0.15) is 5.52 Å². The summed E-state index contributed by atoms with van der Waals surface area (Å²) < 4.78 is 47.4. The van der Waals surface area contributed by atoms with Gasteiger partial charge in [0.05, 0.1) is 12.0 Å². The van der Waals surface area contributed by atoms with Crippen molar-refractivity contribution in [2.45, 2.75) is 57.2 Å². The number of carboxylic acids is 1. The Morgan fingerprint density at radius 2 is 1.91 bits per heavy atom. The highest BCUT2D eigenvalue weighted by molar-refractivity contribution is 5.77. The van der Waals surface area contributed by atoms with Crippen molar-refractivity contribution in [1.29, 1.82) is 0 Å². The summed E-state index contributed by atoms with van der Waals surface area (Å²) in [6.07, 6.45) is 0.153. The van der Waals surface area contributed by atoms with Crippen molar-refractivity contribution >= 4 is 17.1 Å². The van der Waals surface area contributed by atoms with Gasteiger partial charge in [0.15, 0.2) is 5.58 Å². The summed E-state index contributed by atoms with van der Waals surface area (Å²) in [5, 5.41) is 11.7. The molecule has 1 aliphatic rings. The van der Waals surface area contributed by atoms with Crippen molar-refractivity contribution in [3.8, 4) is 11.5 Å². The van der Waals surface area contributed by atoms with E-state index in [2.05, 4.69) is 10.3 Å². The Bertz CT molecular complexity index is 1100. The lowest BCUT2D eigenvalue weighted by atomic mass is 9.81. The van der Waals surface area contributed by atoms with Gasteiger partial charge in [-0.15, -0.1) is 0 Å². The molecule has 0 aliphatic heterocycles. The van der Waals surface area contributed by atoms with Crippen LogP contribution < -0.4 is 5.32 Å². The molecule has 1 saturated carbocycles. The van der Waals surface area contributed by atoms with Crippen LogP contribution >= 0.6 is 0 Å². The molecule has 2 N–H and O–H groups in total. The molecule has 0 radical (unpaired) electrons. The standard InChI is InChI=1S/C24H25F3N2O3/c25-24(26,27)19-13-17(7-8-18(19)16-4-2-1-3-5-16)23-29-20-9-6-15(12-21(20)32-23)14-28-11-10-22(30)31/h6-9,12-13,16,28H,1-5,10-11,14H2,(H,30,31). The second-order valence-electron chi connectivity index (χ2n) is 8.28. The molecule has 1 fully saturated rings. The third kappa shape index (κ3) is 5.12. The number of nitrogens with zero attached hydrogens (tertiary/aromatic N) is 1. The maximum atomic E-state index is 13.9. The highest BCUT2D eigenvalue weighted by Gasteiger charge is 2.36. The Hall–Kier alpha value is -2.87. The molecule has 4 rings (SSSR count). The second-order valence-corrected chi connectivity index (χ2v) is 8.28. The van der Waals surface area contributed by atoms with E-state index in [1.165, 1.54) is 0 Å². The smallest absolute Gasteiger partial charge is 0.416 e. The van der Waals surface area contributed by atoms with Crippen molar-refractivity contribution in [2.24, 2.45) is 0 Å². The zero-order chi connectivity index (χ0) is 22.7. The molecule has 1 aliphatic carbocycles. The molecule has 1 aromatic heterocycles.